The molecule has 2 N–H and O–H groups in total. The topological polar surface area (TPSA) is 94.9 Å². The van der Waals surface area contributed by atoms with Gasteiger partial charge in [-0.25, -0.2) is 9.97 Å². The summed E-state index contributed by atoms with van der Waals surface area (Å²) in [5.41, 5.74) is 6.41. The van der Waals surface area contributed by atoms with Gasteiger partial charge in [-0.2, -0.15) is 9.61 Å². The third-order valence-corrected chi connectivity index (χ3v) is 3.79. The Morgan fingerprint density at radius 1 is 1.22 bits per heavy atom. The fourth-order valence-electron chi connectivity index (χ4n) is 1.84. The van der Waals surface area contributed by atoms with E-state index in [1.54, 1.807) is 16.9 Å². The predicted molar refractivity (Wildman–Crippen MR) is 66.1 cm³/mol. The highest BCUT2D eigenvalue weighted by atomic mass is 32.1. The van der Waals surface area contributed by atoms with Gasteiger partial charge in [0.2, 0.25) is 4.96 Å². The van der Waals surface area contributed by atoms with Crippen LogP contribution in [0.3, 0.4) is 0 Å². The van der Waals surface area contributed by atoms with Crippen molar-refractivity contribution in [3.05, 3.63) is 18.2 Å². The summed E-state index contributed by atoms with van der Waals surface area (Å²) in [7, 11) is 0. The lowest BCUT2D eigenvalue weighted by molar-refractivity contribution is 0.827. The molecule has 1 fully saturated rings. The van der Waals surface area contributed by atoms with Crippen LogP contribution in [0.25, 0.3) is 15.7 Å². The van der Waals surface area contributed by atoms with Crippen LogP contribution >= 0.6 is 11.3 Å². The SMILES string of the molecule is Nc1nccnc1-c1nn2c(C3CC3)nnc2s1. The molecule has 8 heteroatoms. The molecule has 0 spiro atoms. The third-order valence-electron chi connectivity index (χ3n) is 2.89. The number of hydrogen-bond acceptors (Lipinski definition) is 7. The Labute approximate surface area is 106 Å². The molecule has 1 saturated carbocycles. The number of nitrogens with two attached hydrogens (primary N) is 1. The molecule has 0 aromatic carbocycles. The molecule has 4 rings (SSSR count). The van der Waals surface area contributed by atoms with Gasteiger partial charge in [0.1, 0.15) is 5.69 Å². The molecule has 3 heterocycles. The molecule has 0 aliphatic heterocycles. The molecule has 3 aromatic rings. The lowest BCUT2D eigenvalue weighted by Gasteiger charge is -1.97. The molecule has 0 unspecified atom stereocenters. The Hall–Kier alpha value is -2.09. The van der Waals surface area contributed by atoms with Crippen molar-refractivity contribution in [3.63, 3.8) is 0 Å². The normalized spacial score (nSPS) is 15.3. The maximum atomic E-state index is 5.80. The Kier molecular flexibility index (Phi) is 1.90. The average molecular weight is 259 g/mol. The minimum Gasteiger partial charge on any atom is -0.382 e. The average Bonchev–Trinajstić information content (AvgIpc) is 3.00. The van der Waals surface area contributed by atoms with Crippen LogP contribution in [0.1, 0.15) is 24.6 Å². The summed E-state index contributed by atoms with van der Waals surface area (Å²) >= 11 is 1.43. The van der Waals surface area contributed by atoms with Crippen molar-refractivity contribution in [3.8, 4) is 10.7 Å². The zero-order valence-electron chi connectivity index (χ0n) is 9.32. The fourth-order valence-corrected chi connectivity index (χ4v) is 2.69. The zero-order valence-corrected chi connectivity index (χ0v) is 10.1. The summed E-state index contributed by atoms with van der Waals surface area (Å²) in [4.78, 5) is 9.00. The quantitative estimate of drug-likeness (QED) is 0.740. The van der Waals surface area contributed by atoms with Crippen LogP contribution in [-0.2, 0) is 0 Å². The maximum absolute atomic E-state index is 5.80. The second-order valence-electron chi connectivity index (χ2n) is 4.22. The van der Waals surface area contributed by atoms with Crippen LogP contribution in [-0.4, -0.2) is 29.8 Å². The van der Waals surface area contributed by atoms with Crippen molar-refractivity contribution in [2.24, 2.45) is 0 Å². The van der Waals surface area contributed by atoms with E-state index >= 15 is 0 Å². The van der Waals surface area contributed by atoms with Crippen LogP contribution in [0.5, 0.6) is 0 Å². The van der Waals surface area contributed by atoms with Gasteiger partial charge in [-0.15, -0.1) is 10.2 Å². The van der Waals surface area contributed by atoms with E-state index in [1.165, 1.54) is 24.2 Å². The maximum Gasteiger partial charge on any atom is 0.235 e. The monoisotopic (exact) mass is 259 g/mol. The Morgan fingerprint density at radius 2 is 2.06 bits per heavy atom. The van der Waals surface area contributed by atoms with Gasteiger partial charge in [0, 0.05) is 18.3 Å². The predicted octanol–water partition coefficient (Wildman–Crippen LogP) is 1.10. The van der Waals surface area contributed by atoms with Crippen molar-refractivity contribution in [2.75, 3.05) is 5.73 Å². The van der Waals surface area contributed by atoms with Gasteiger partial charge in [-0.3, -0.25) is 0 Å². The van der Waals surface area contributed by atoms with Crippen molar-refractivity contribution in [2.45, 2.75) is 18.8 Å². The highest BCUT2D eigenvalue weighted by molar-refractivity contribution is 7.19. The largest absolute Gasteiger partial charge is 0.382 e. The van der Waals surface area contributed by atoms with Gasteiger partial charge >= 0.3 is 0 Å². The number of fused-ring (bicyclic) bond motifs is 1. The lowest BCUT2D eigenvalue weighted by Crippen LogP contribution is -1.97. The van der Waals surface area contributed by atoms with Gasteiger partial charge in [0.05, 0.1) is 0 Å². The molecule has 7 nitrogen and oxygen atoms in total. The van der Waals surface area contributed by atoms with E-state index in [0.29, 0.717) is 17.4 Å². The minimum atomic E-state index is 0.385. The first-order valence-corrected chi connectivity index (χ1v) is 6.43. The first-order chi connectivity index (χ1) is 8.83. The molecule has 0 amide bonds. The molecule has 0 radical (unpaired) electrons. The molecule has 1 aliphatic rings. The Morgan fingerprint density at radius 3 is 2.83 bits per heavy atom. The van der Waals surface area contributed by atoms with Crippen LogP contribution in [0.4, 0.5) is 5.82 Å². The highest BCUT2D eigenvalue weighted by Crippen LogP contribution is 2.39. The standard InChI is InChI=1S/C10H9N7S/c11-7-6(12-3-4-13-7)9-16-17-8(5-1-2-5)14-15-10(17)18-9/h3-5H,1-2H2,(H2,11,13). The number of nitrogens with zero attached hydrogens (tertiary/aromatic N) is 6. The first kappa shape index (κ1) is 9.89. The number of aromatic nitrogens is 6. The molecule has 0 atom stereocenters. The Balaban J connectivity index is 1.89. The second kappa shape index (κ2) is 3.45. The summed E-state index contributed by atoms with van der Waals surface area (Å²) in [6, 6.07) is 0. The zero-order chi connectivity index (χ0) is 12.1. The van der Waals surface area contributed by atoms with Gasteiger partial charge in [-0.1, -0.05) is 11.3 Å². The van der Waals surface area contributed by atoms with Crippen molar-refractivity contribution < 1.29 is 0 Å². The first-order valence-electron chi connectivity index (χ1n) is 5.62. The Bertz CT molecular complexity index is 727. The number of nitrogen functional groups attached to an aromatic ring is 1. The van der Waals surface area contributed by atoms with E-state index in [9.17, 15) is 0 Å². The van der Waals surface area contributed by atoms with Crippen molar-refractivity contribution in [1.29, 1.82) is 0 Å². The molecule has 90 valence electrons. The van der Waals surface area contributed by atoms with Crippen LogP contribution < -0.4 is 5.73 Å². The van der Waals surface area contributed by atoms with E-state index in [1.807, 2.05) is 0 Å². The fraction of sp³-hybridized carbons (Fsp3) is 0.300. The van der Waals surface area contributed by atoms with E-state index in [2.05, 4.69) is 25.3 Å². The molecule has 3 aromatic heterocycles. The summed E-state index contributed by atoms with van der Waals surface area (Å²) in [5, 5.41) is 13.5. The molecule has 0 bridgehead atoms. The molecule has 0 saturated heterocycles. The van der Waals surface area contributed by atoms with Gasteiger partial charge < -0.3 is 5.73 Å². The number of hydrogen-bond donors (Lipinski definition) is 1. The molecule has 1 aliphatic carbocycles. The number of anilines is 1. The summed E-state index contributed by atoms with van der Waals surface area (Å²) in [6.45, 7) is 0. The summed E-state index contributed by atoms with van der Waals surface area (Å²) < 4.78 is 1.80. The minimum absolute atomic E-state index is 0.385. The smallest absolute Gasteiger partial charge is 0.235 e. The van der Waals surface area contributed by atoms with Crippen LogP contribution in [0.2, 0.25) is 0 Å². The van der Waals surface area contributed by atoms with Gasteiger partial charge in [0.25, 0.3) is 0 Å². The second-order valence-corrected chi connectivity index (χ2v) is 5.18. The van der Waals surface area contributed by atoms with Gasteiger partial charge in [-0.05, 0) is 12.8 Å². The van der Waals surface area contributed by atoms with Crippen molar-refractivity contribution >= 4 is 22.1 Å². The van der Waals surface area contributed by atoms with E-state index < -0.39 is 0 Å². The van der Waals surface area contributed by atoms with E-state index in [0.717, 1.165) is 15.8 Å². The van der Waals surface area contributed by atoms with Crippen molar-refractivity contribution in [1.82, 2.24) is 29.8 Å². The molecular weight excluding hydrogens is 250 g/mol. The van der Waals surface area contributed by atoms with Gasteiger partial charge in [0.15, 0.2) is 16.6 Å². The third kappa shape index (κ3) is 1.39. The van der Waals surface area contributed by atoms with E-state index in [4.69, 9.17) is 5.73 Å². The summed E-state index contributed by atoms with van der Waals surface area (Å²) in [5.74, 6) is 1.83. The van der Waals surface area contributed by atoms with Crippen LogP contribution in [0.15, 0.2) is 12.4 Å². The summed E-state index contributed by atoms with van der Waals surface area (Å²) in [6.07, 6.45) is 5.51. The van der Waals surface area contributed by atoms with Crippen LogP contribution in [0, 0.1) is 0 Å². The molecule has 18 heavy (non-hydrogen) atoms. The number of rotatable bonds is 2. The lowest BCUT2D eigenvalue weighted by atomic mass is 10.4. The van der Waals surface area contributed by atoms with E-state index in [-0.39, 0.29) is 0 Å². The highest BCUT2D eigenvalue weighted by Gasteiger charge is 2.30. The molecular formula is C10H9N7S.